The highest BCUT2D eigenvalue weighted by molar-refractivity contribution is 6.07. The zero-order valence-electron chi connectivity index (χ0n) is 17.0. The molecule has 3 aliphatic rings. The van der Waals surface area contributed by atoms with Crippen molar-refractivity contribution < 1.29 is 23.9 Å². The average Bonchev–Trinajstić information content (AvgIpc) is 2.82. The maximum absolute atomic E-state index is 13.7. The van der Waals surface area contributed by atoms with Gasteiger partial charge in [-0.15, -0.1) is 0 Å². The van der Waals surface area contributed by atoms with Crippen LogP contribution in [0.4, 0.5) is 11.4 Å². The molecule has 1 fully saturated rings. The number of benzene rings is 2. The Morgan fingerprint density at radius 1 is 0.968 bits per heavy atom. The van der Waals surface area contributed by atoms with Crippen molar-refractivity contribution in [2.75, 3.05) is 43.1 Å². The number of amides is 3. The molecule has 0 aromatic heterocycles. The third-order valence-electron chi connectivity index (χ3n) is 5.94. The van der Waals surface area contributed by atoms with Gasteiger partial charge in [0.15, 0.2) is 6.10 Å². The van der Waals surface area contributed by atoms with Gasteiger partial charge in [0.2, 0.25) is 11.8 Å². The molecule has 3 amide bonds. The Bertz CT molecular complexity index is 1030. The van der Waals surface area contributed by atoms with E-state index < -0.39 is 12.0 Å². The topological polar surface area (TPSA) is 88.2 Å². The van der Waals surface area contributed by atoms with Gasteiger partial charge in [0, 0.05) is 25.2 Å². The fourth-order valence-corrected chi connectivity index (χ4v) is 4.38. The first kappa shape index (κ1) is 19.6. The average molecular weight is 421 g/mol. The Morgan fingerprint density at radius 2 is 1.71 bits per heavy atom. The third-order valence-corrected chi connectivity index (χ3v) is 5.94. The highest BCUT2D eigenvalue weighted by atomic mass is 16.5. The summed E-state index contributed by atoms with van der Waals surface area (Å²) in [6.07, 6.45) is -0.734. The molecule has 5 rings (SSSR count). The number of carbonyl (C=O) groups excluding carboxylic acids is 3. The Kier molecular flexibility index (Phi) is 5.07. The summed E-state index contributed by atoms with van der Waals surface area (Å²) in [5.41, 5.74) is 2.05. The minimum Gasteiger partial charge on any atom is -0.476 e. The number of rotatable bonds is 2. The van der Waals surface area contributed by atoms with Crippen molar-refractivity contribution in [2.45, 2.75) is 18.4 Å². The first-order chi connectivity index (χ1) is 15.1. The summed E-state index contributed by atoms with van der Waals surface area (Å²) in [6, 6.07) is 14.5. The Labute approximate surface area is 179 Å². The summed E-state index contributed by atoms with van der Waals surface area (Å²) < 4.78 is 11.3. The summed E-state index contributed by atoms with van der Waals surface area (Å²) in [4.78, 5) is 42.4. The van der Waals surface area contributed by atoms with E-state index in [1.54, 1.807) is 28.0 Å². The molecule has 8 heteroatoms. The van der Waals surface area contributed by atoms with Gasteiger partial charge in [-0.1, -0.05) is 30.3 Å². The summed E-state index contributed by atoms with van der Waals surface area (Å²) >= 11 is 0. The van der Waals surface area contributed by atoms with E-state index in [1.807, 2.05) is 30.3 Å². The van der Waals surface area contributed by atoms with E-state index in [-0.39, 0.29) is 30.7 Å². The lowest BCUT2D eigenvalue weighted by molar-refractivity contribution is -0.143. The van der Waals surface area contributed by atoms with E-state index in [1.165, 1.54) is 0 Å². The summed E-state index contributed by atoms with van der Waals surface area (Å²) in [6.45, 7) is 2.10. The van der Waals surface area contributed by atoms with E-state index in [0.29, 0.717) is 43.4 Å². The molecule has 1 N–H and O–H groups in total. The molecular weight excluding hydrogens is 398 g/mol. The zero-order chi connectivity index (χ0) is 21.4. The van der Waals surface area contributed by atoms with Crippen molar-refractivity contribution >= 4 is 29.1 Å². The summed E-state index contributed by atoms with van der Waals surface area (Å²) in [5.74, 6) is -0.688. The first-order valence-electron chi connectivity index (χ1n) is 10.4. The fraction of sp³-hybridized carbons (Fsp3) is 0.348. The van der Waals surface area contributed by atoms with Gasteiger partial charge in [0.05, 0.1) is 31.4 Å². The van der Waals surface area contributed by atoms with E-state index in [9.17, 15) is 14.4 Å². The number of anilines is 2. The third kappa shape index (κ3) is 3.63. The Balaban J connectivity index is 1.47. The van der Waals surface area contributed by atoms with Crippen LogP contribution in [0.2, 0.25) is 0 Å². The van der Waals surface area contributed by atoms with Crippen LogP contribution in [0, 0.1) is 0 Å². The minimum atomic E-state index is -0.801. The van der Waals surface area contributed by atoms with Crippen LogP contribution in [0.1, 0.15) is 17.9 Å². The molecule has 0 radical (unpaired) electrons. The molecule has 3 aliphatic heterocycles. The molecule has 31 heavy (non-hydrogen) atoms. The number of hydrogen-bond donors (Lipinski definition) is 1. The van der Waals surface area contributed by atoms with E-state index in [0.717, 1.165) is 5.56 Å². The van der Waals surface area contributed by atoms with Gasteiger partial charge in [0.1, 0.15) is 5.75 Å². The fourth-order valence-electron chi connectivity index (χ4n) is 4.38. The predicted molar refractivity (Wildman–Crippen MR) is 113 cm³/mol. The normalized spacial score (nSPS) is 22.6. The maximum Gasteiger partial charge on any atom is 0.265 e. The Morgan fingerprint density at radius 3 is 2.55 bits per heavy atom. The molecule has 2 aromatic carbocycles. The summed E-state index contributed by atoms with van der Waals surface area (Å²) in [5, 5.41) is 2.83. The van der Waals surface area contributed by atoms with Crippen LogP contribution < -0.4 is 15.0 Å². The summed E-state index contributed by atoms with van der Waals surface area (Å²) in [7, 11) is 0. The molecular formula is C23H23N3O5. The van der Waals surface area contributed by atoms with Crippen LogP contribution in [0.15, 0.2) is 48.5 Å². The van der Waals surface area contributed by atoms with Crippen LogP contribution in [-0.4, -0.2) is 61.6 Å². The van der Waals surface area contributed by atoms with E-state index >= 15 is 0 Å². The second-order valence-electron chi connectivity index (χ2n) is 7.85. The van der Waals surface area contributed by atoms with Crippen molar-refractivity contribution in [1.82, 2.24) is 4.90 Å². The molecule has 2 unspecified atom stereocenters. The maximum atomic E-state index is 13.7. The lowest BCUT2D eigenvalue weighted by Gasteiger charge is -2.39. The van der Waals surface area contributed by atoms with Gasteiger partial charge in [0.25, 0.3) is 5.91 Å². The van der Waals surface area contributed by atoms with Gasteiger partial charge >= 0.3 is 0 Å². The van der Waals surface area contributed by atoms with Crippen LogP contribution in [0.5, 0.6) is 5.75 Å². The number of nitrogens with one attached hydrogen (secondary N) is 1. The van der Waals surface area contributed by atoms with E-state index in [4.69, 9.17) is 9.47 Å². The number of ether oxygens (including phenoxy) is 2. The van der Waals surface area contributed by atoms with Crippen LogP contribution >= 0.6 is 0 Å². The number of nitrogens with zero attached hydrogens (tertiary/aromatic N) is 2. The highest BCUT2D eigenvalue weighted by Crippen LogP contribution is 2.39. The zero-order valence-corrected chi connectivity index (χ0v) is 17.0. The number of carbonyl (C=O) groups is 3. The van der Waals surface area contributed by atoms with Crippen LogP contribution in [0.3, 0.4) is 0 Å². The number of morpholine rings is 1. The first-order valence-corrected chi connectivity index (χ1v) is 10.4. The second-order valence-corrected chi connectivity index (χ2v) is 7.85. The minimum absolute atomic E-state index is 0.0669. The molecule has 8 nitrogen and oxygen atoms in total. The van der Waals surface area contributed by atoms with Gasteiger partial charge in [-0.3, -0.25) is 14.4 Å². The largest absolute Gasteiger partial charge is 0.476 e. The lowest BCUT2D eigenvalue weighted by Crippen LogP contribution is -2.54. The van der Waals surface area contributed by atoms with Crippen molar-refractivity contribution in [3.05, 3.63) is 54.1 Å². The highest BCUT2D eigenvalue weighted by Gasteiger charge is 2.40. The molecule has 2 atom stereocenters. The number of para-hydroxylation sites is 3. The van der Waals surface area contributed by atoms with Crippen LogP contribution in [0.25, 0.3) is 0 Å². The monoisotopic (exact) mass is 421 g/mol. The van der Waals surface area contributed by atoms with Gasteiger partial charge in [-0.25, -0.2) is 0 Å². The number of fused-ring (bicyclic) bond motifs is 2. The second kappa shape index (κ2) is 8.03. The van der Waals surface area contributed by atoms with Crippen molar-refractivity contribution in [2.24, 2.45) is 0 Å². The quantitative estimate of drug-likeness (QED) is 0.799. The molecule has 0 spiro atoms. The Hall–Kier alpha value is -3.39. The number of hydrogen-bond acceptors (Lipinski definition) is 5. The molecule has 1 saturated heterocycles. The van der Waals surface area contributed by atoms with Gasteiger partial charge < -0.3 is 24.6 Å². The molecule has 0 bridgehead atoms. The molecule has 0 saturated carbocycles. The smallest absolute Gasteiger partial charge is 0.265 e. The van der Waals surface area contributed by atoms with Crippen molar-refractivity contribution in [3.63, 3.8) is 0 Å². The molecule has 160 valence electrons. The molecule has 0 aliphatic carbocycles. The molecule has 2 aromatic rings. The van der Waals surface area contributed by atoms with Crippen LogP contribution in [-0.2, 0) is 19.1 Å². The standard InChI is InChI=1S/C23H23N3O5/c27-21-13-16(15-5-1-2-6-17(15)24-21)22(28)26-14-20(23(29)25-9-11-30-12-10-25)31-19-8-4-3-7-18(19)26/h1-8,16,20H,9-14H2,(H,24,27). The van der Waals surface area contributed by atoms with Gasteiger partial charge in [-0.2, -0.15) is 0 Å². The predicted octanol–water partition coefficient (Wildman–Crippen LogP) is 1.77. The van der Waals surface area contributed by atoms with Gasteiger partial charge in [-0.05, 0) is 23.8 Å². The lowest BCUT2D eigenvalue weighted by atomic mass is 9.89. The van der Waals surface area contributed by atoms with Crippen molar-refractivity contribution in [3.8, 4) is 5.75 Å². The van der Waals surface area contributed by atoms with E-state index in [2.05, 4.69) is 5.32 Å². The van der Waals surface area contributed by atoms with Crippen molar-refractivity contribution in [1.29, 1.82) is 0 Å². The SMILES string of the molecule is O=C1CC(C(=O)N2CC(C(=O)N3CCOCC3)Oc3ccccc32)c2ccccc2N1. The molecule has 3 heterocycles.